The van der Waals surface area contributed by atoms with E-state index in [4.69, 9.17) is 0 Å². The third-order valence-corrected chi connectivity index (χ3v) is 2.48. The van der Waals surface area contributed by atoms with Gasteiger partial charge in [0.1, 0.15) is 5.75 Å². The van der Waals surface area contributed by atoms with Crippen LogP contribution in [0, 0.1) is 0 Å². The van der Waals surface area contributed by atoms with Gasteiger partial charge in [0, 0.05) is 24.8 Å². The molecular weight excluding hydrogens is 247 g/mol. The molecule has 0 aliphatic carbocycles. The molecule has 0 saturated heterocycles. The first-order chi connectivity index (χ1) is 8.41. The molecule has 3 nitrogen and oxygen atoms in total. The standard InChI is InChI=1S/C12H14F3NO2/c1-3-16(4-2)10-6-5-9(8-17)11(7-10)18-12(13,14)15/h5-8H,3-4H2,1-2H3. The SMILES string of the molecule is CCN(CC)c1ccc(C=O)c(OC(F)(F)F)c1. The zero-order valence-corrected chi connectivity index (χ0v) is 10.1. The van der Waals surface area contributed by atoms with Crippen molar-refractivity contribution in [1.82, 2.24) is 0 Å². The number of benzene rings is 1. The number of nitrogens with zero attached hydrogens (tertiary/aromatic N) is 1. The van der Waals surface area contributed by atoms with E-state index in [0.29, 0.717) is 25.1 Å². The van der Waals surface area contributed by atoms with Crippen molar-refractivity contribution in [1.29, 1.82) is 0 Å². The number of carbonyl (C=O) groups is 1. The molecule has 0 saturated carbocycles. The number of ether oxygens (including phenoxy) is 1. The summed E-state index contributed by atoms with van der Waals surface area (Å²) in [6.07, 6.45) is -4.47. The van der Waals surface area contributed by atoms with Crippen molar-refractivity contribution in [3.05, 3.63) is 23.8 Å². The Bertz CT molecular complexity index is 414. The van der Waals surface area contributed by atoms with Gasteiger partial charge in [-0.1, -0.05) is 0 Å². The molecule has 18 heavy (non-hydrogen) atoms. The Labute approximate surface area is 103 Å². The molecule has 1 aromatic carbocycles. The third kappa shape index (κ3) is 3.65. The summed E-state index contributed by atoms with van der Waals surface area (Å²) in [5.41, 5.74) is 0.466. The molecule has 0 heterocycles. The van der Waals surface area contributed by atoms with E-state index in [-0.39, 0.29) is 5.56 Å². The van der Waals surface area contributed by atoms with Gasteiger partial charge < -0.3 is 9.64 Å². The van der Waals surface area contributed by atoms with Crippen LogP contribution in [0.2, 0.25) is 0 Å². The van der Waals surface area contributed by atoms with Crippen LogP contribution < -0.4 is 9.64 Å². The van der Waals surface area contributed by atoms with Crippen molar-refractivity contribution >= 4 is 12.0 Å². The maximum Gasteiger partial charge on any atom is 0.573 e. The van der Waals surface area contributed by atoms with Crippen LogP contribution in [-0.2, 0) is 0 Å². The van der Waals surface area contributed by atoms with Crippen molar-refractivity contribution in [2.45, 2.75) is 20.2 Å². The summed E-state index contributed by atoms with van der Waals surface area (Å²) >= 11 is 0. The number of alkyl halides is 3. The smallest absolute Gasteiger partial charge is 0.405 e. The van der Waals surface area contributed by atoms with Gasteiger partial charge in [0.25, 0.3) is 0 Å². The predicted octanol–water partition coefficient (Wildman–Crippen LogP) is 3.24. The van der Waals surface area contributed by atoms with Crippen molar-refractivity contribution < 1.29 is 22.7 Å². The summed E-state index contributed by atoms with van der Waals surface area (Å²) < 4.78 is 40.5. The fraction of sp³-hybridized carbons (Fsp3) is 0.417. The maximum atomic E-state index is 12.2. The van der Waals surface area contributed by atoms with Crippen LogP contribution in [0.3, 0.4) is 0 Å². The molecular formula is C12H14F3NO2. The predicted molar refractivity (Wildman–Crippen MR) is 62.1 cm³/mol. The van der Waals surface area contributed by atoms with Gasteiger partial charge in [0.2, 0.25) is 0 Å². The molecule has 1 aromatic rings. The molecule has 0 aliphatic heterocycles. The second-order valence-electron chi connectivity index (χ2n) is 3.56. The van der Waals surface area contributed by atoms with Crippen molar-refractivity contribution in [2.75, 3.05) is 18.0 Å². The van der Waals surface area contributed by atoms with E-state index in [9.17, 15) is 18.0 Å². The Kier molecular flexibility index (Phi) is 4.58. The molecule has 0 bridgehead atoms. The first-order valence-electron chi connectivity index (χ1n) is 5.51. The lowest BCUT2D eigenvalue weighted by molar-refractivity contribution is -0.274. The van der Waals surface area contributed by atoms with E-state index in [1.54, 1.807) is 6.07 Å². The molecule has 0 spiro atoms. The molecule has 0 unspecified atom stereocenters. The zero-order valence-electron chi connectivity index (χ0n) is 10.1. The quantitative estimate of drug-likeness (QED) is 0.762. The summed E-state index contributed by atoms with van der Waals surface area (Å²) in [7, 11) is 0. The summed E-state index contributed by atoms with van der Waals surface area (Å²) in [6, 6.07) is 4.14. The Balaban J connectivity index is 3.12. The Morgan fingerprint density at radius 3 is 2.33 bits per heavy atom. The van der Waals surface area contributed by atoms with Gasteiger partial charge in [-0.3, -0.25) is 4.79 Å². The van der Waals surface area contributed by atoms with Crippen LogP contribution in [0.15, 0.2) is 18.2 Å². The van der Waals surface area contributed by atoms with Gasteiger partial charge in [0.05, 0.1) is 5.56 Å². The lowest BCUT2D eigenvalue weighted by Gasteiger charge is -2.22. The summed E-state index contributed by atoms with van der Waals surface area (Å²) in [6.45, 7) is 5.09. The Hall–Kier alpha value is -1.72. The summed E-state index contributed by atoms with van der Waals surface area (Å²) in [5.74, 6) is -0.470. The van der Waals surface area contributed by atoms with Crippen LogP contribution in [-0.4, -0.2) is 25.7 Å². The van der Waals surface area contributed by atoms with Gasteiger partial charge in [-0.25, -0.2) is 0 Å². The average molecular weight is 261 g/mol. The highest BCUT2D eigenvalue weighted by molar-refractivity contribution is 5.80. The monoisotopic (exact) mass is 261 g/mol. The van der Waals surface area contributed by atoms with E-state index < -0.39 is 12.1 Å². The fourth-order valence-electron chi connectivity index (χ4n) is 1.62. The number of carbonyl (C=O) groups excluding carboxylic acids is 1. The van der Waals surface area contributed by atoms with Crippen LogP contribution >= 0.6 is 0 Å². The van der Waals surface area contributed by atoms with E-state index >= 15 is 0 Å². The van der Waals surface area contributed by atoms with Crippen LogP contribution in [0.25, 0.3) is 0 Å². The minimum atomic E-state index is -4.81. The van der Waals surface area contributed by atoms with Crippen molar-refractivity contribution in [3.8, 4) is 5.75 Å². The second-order valence-corrected chi connectivity index (χ2v) is 3.56. The molecule has 0 atom stereocenters. The Morgan fingerprint density at radius 2 is 1.89 bits per heavy atom. The maximum absolute atomic E-state index is 12.2. The number of hydrogen-bond donors (Lipinski definition) is 0. The zero-order chi connectivity index (χ0) is 13.8. The first kappa shape index (κ1) is 14.3. The number of hydrogen-bond acceptors (Lipinski definition) is 3. The second kappa shape index (κ2) is 5.75. The molecule has 0 radical (unpaired) electrons. The average Bonchev–Trinajstić information content (AvgIpc) is 2.29. The van der Waals surface area contributed by atoms with Gasteiger partial charge in [0.15, 0.2) is 6.29 Å². The first-order valence-corrected chi connectivity index (χ1v) is 5.51. The third-order valence-electron chi connectivity index (χ3n) is 2.48. The number of rotatable bonds is 5. The highest BCUT2D eigenvalue weighted by Crippen LogP contribution is 2.29. The molecule has 0 fully saturated rings. The molecule has 0 amide bonds. The highest BCUT2D eigenvalue weighted by atomic mass is 19.4. The van der Waals surface area contributed by atoms with Gasteiger partial charge in [-0.05, 0) is 26.0 Å². The number of anilines is 1. The number of aldehydes is 1. The largest absolute Gasteiger partial charge is 0.573 e. The molecule has 0 N–H and O–H groups in total. The molecule has 100 valence electrons. The lowest BCUT2D eigenvalue weighted by atomic mass is 10.2. The van der Waals surface area contributed by atoms with Crippen LogP contribution in [0.5, 0.6) is 5.75 Å². The van der Waals surface area contributed by atoms with Gasteiger partial charge in [-0.2, -0.15) is 0 Å². The molecule has 0 aliphatic rings. The molecule has 1 rings (SSSR count). The molecule has 6 heteroatoms. The fourth-order valence-corrected chi connectivity index (χ4v) is 1.62. The lowest BCUT2D eigenvalue weighted by Crippen LogP contribution is -2.23. The summed E-state index contributed by atoms with van der Waals surface area (Å²) in [4.78, 5) is 12.5. The van der Waals surface area contributed by atoms with Crippen molar-refractivity contribution in [3.63, 3.8) is 0 Å². The summed E-state index contributed by atoms with van der Waals surface area (Å²) in [5, 5.41) is 0. The topological polar surface area (TPSA) is 29.5 Å². The van der Waals surface area contributed by atoms with E-state index in [2.05, 4.69) is 4.74 Å². The Morgan fingerprint density at radius 1 is 1.28 bits per heavy atom. The van der Waals surface area contributed by atoms with Gasteiger partial charge >= 0.3 is 6.36 Å². The minimum Gasteiger partial charge on any atom is -0.405 e. The van der Waals surface area contributed by atoms with Gasteiger partial charge in [-0.15, -0.1) is 13.2 Å². The van der Waals surface area contributed by atoms with Crippen molar-refractivity contribution in [2.24, 2.45) is 0 Å². The van der Waals surface area contributed by atoms with E-state index in [1.807, 2.05) is 18.7 Å². The highest BCUT2D eigenvalue weighted by Gasteiger charge is 2.32. The number of halogens is 3. The van der Waals surface area contributed by atoms with E-state index in [1.165, 1.54) is 12.1 Å². The van der Waals surface area contributed by atoms with Crippen LogP contribution in [0.4, 0.5) is 18.9 Å². The normalized spacial score (nSPS) is 11.2. The molecule has 0 aromatic heterocycles. The van der Waals surface area contributed by atoms with E-state index in [0.717, 1.165) is 0 Å². The van der Waals surface area contributed by atoms with Crippen LogP contribution in [0.1, 0.15) is 24.2 Å². The minimum absolute atomic E-state index is 0.122.